The van der Waals surface area contributed by atoms with E-state index in [1.165, 1.54) is 27.8 Å². The minimum atomic E-state index is -0.161. The Labute approximate surface area is 328 Å². The lowest BCUT2D eigenvalue weighted by Gasteiger charge is -2.28. The molecular formula is C53H40N2O. The zero-order valence-corrected chi connectivity index (χ0v) is 31.4. The summed E-state index contributed by atoms with van der Waals surface area (Å²) in [6.07, 6.45) is 4.41. The molecule has 0 spiro atoms. The zero-order chi connectivity index (χ0) is 37.6. The Bertz CT molecular complexity index is 2800. The molecule has 10 rings (SSSR count). The van der Waals surface area contributed by atoms with Gasteiger partial charge < -0.3 is 14.2 Å². The summed E-state index contributed by atoms with van der Waals surface area (Å²) in [5, 5.41) is 2.23. The molecule has 0 atom stereocenters. The van der Waals surface area contributed by atoms with Gasteiger partial charge in [-0.1, -0.05) is 129 Å². The molecule has 1 aliphatic rings. The van der Waals surface area contributed by atoms with Crippen LogP contribution in [0.25, 0.3) is 45.2 Å². The van der Waals surface area contributed by atoms with Crippen LogP contribution in [-0.2, 0) is 5.41 Å². The van der Waals surface area contributed by atoms with E-state index in [9.17, 15) is 0 Å². The first-order chi connectivity index (χ1) is 27.5. The summed E-state index contributed by atoms with van der Waals surface area (Å²) >= 11 is 0. The van der Waals surface area contributed by atoms with Crippen LogP contribution in [0.1, 0.15) is 36.1 Å². The number of rotatable bonds is 8. The zero-order valence-electron chi connectivity index (χ0n) is 31.4. The quantitative estimate of drug-likeness (QED) is 0.146. The molecule has 0 N–H and O–H groups in total. The van der Waals surface area contributed by atoms with E-state index in [1.54, 1.807) is 0 Å². The molecule has 0 bridgehead atoms. The highest BCUT2D eigenvalue weighted by molar-refractivity contribution is 6.06. The van der Waals surface area contributed by atoms with E-state index >= 15 is 0 Å². The number of fused-ring (bicyclic) bond motifs is 6. The molecule has 0 amide bonds. The summed E-state index contributed by atoms with van der Waals surface area (Å²) in [4.78, 5) is 4.61. The summed E-state index contributed by atoms with van der Waals surface area (Å²) in [5.74, 6) is 0. The van der Waals surface area contributed by atoms with E-state index in [-0.39, 0.29) is 5.41 Å². The van der Waals surface area contributed by atoms with E-state index in [4.69, 9.17) is 4.42 Å². The number of benzene rings is 8. The first kappa shape index (κ1) is 33.5. The smallest absolute Gasteiger partial charge is 0.137 e. The maximum absolute atomic E-state index is 6.55. The molecule has 1 aromatic heterocycles. The Morgan fingerprint density at radius 2 is 0.768 bits per heavy atom. The van der Waals surface area contributed by atoms with Gasteiger partial charge in [0.15, 0.2) is 0 Å². The molecule has 1 aliphatic carbocycles. The van der Waals surface area contributed by atoms with Crippen LogP contribution in [0.3, 0.4) is 0 Å². The van der Waals surface area contributed by atoms with Crippen molar-refractivity contribution >= 4 is 68.2 Å². The van der Waals surface area contributed by atoms with Crippen molar-refractivity contribution in [3.8, 4) is 11.1 Å². The van der Waals surface area contributed by atoms with Gasteiger partial charge in [-0.25, -0.2) is 0 Å². The molecule has 3 nitrogen and oxygen atoms in total. The number of nitrogens with zero attached hydrogens (tertiary/aromatic N) is 2. The van der Waals surface area contributed by atoms with Crippen molar-refractivity contribution in [2.45, 2.75) is 19.3 Å². The summed E-state index contributed by atoms with van der Waals surface area (Å²) < 4.78 is 6.55. The first-order valence-electron chi connectivity index (χ1n) is 19.3. The van der Waals surface area contributed by atoms with Crippen LogP contribution in [0.2, 0.25) is 0 Å². The molecule has 3 heteroatoms. The Morgan fingerprint density at radius 1 is 0.375 bits per heavy atom. The van der Waals surface area contributed by atoms with Crippen molar-refractivity contribution in [2.75, 3.05) is 9.80 Å². The van der Waals surface area contributed by atoms with Gasteiger partial charge in [-0.3, -0.25) is 0 Å². The van der Waals surface area contributed by atoms with E-state index in [0.717, 1.165) is 61.6 Å². The molecule has 0 saturated heterocycles. The van der Waals surface area contributed by atoms with Crippen LogP contribution >= 0.6 is 0 Å². The number of anilines is 6. The van der Waals surface area contributed by atoms with Gasteiger partial charge in [0.2, 0.25) is 0 Å². The number of para-hydroxylation sites is 4. The molecule has 0 fully saturated rings. The molecule has 0 unspecified atom stereocenters. The van der Waals surface area contributed by atoms with Gasteiger partial charge in [0.1, 0.15) is 11.2 Å². The normalized spacial score (nSPS) is 12.9. The standard InChI is InChI=1S/C53H40N2O/c1-53(2)49-33-37(25-29-45(49)46-31-27-43(35-50(46)53)54(39-15-7-3-8-16-39)40-17-9-4-10-18-40)23-24-38-26-30-47-48-32-28-44(36-52(48)56-51(47)34-38)55(41-19-11-5-12-20-41)42-21-13-6-14-22-42/h3-36H,1-2H3/b24-23+. The van der Waals surface area contributed by atoms with Crippen molar-refractivity contribution in [3.63, 3.8) is 0 Å². The Hall–Kier alpha value is -7.10. The second-order valence-corrected chi connectivity index (χ2v) is 15.0. The van der Waals surface area contributed by atoms with Gasteiger partial charge in [-0.15, -0.1) is 0 Å². The third-order valence-electron chi connectivity index (χ3n) is 11.2. The van der Waals surface area contributed by atoms with Crippen LogP contribution < -0.4 is 9.80 Å². The molecule has 0 radical (unpaired) electrons. The van der Waals surface area contributed by atoms with Gasteiger partial charge in [-0.05, 0) is 118 Å². The SMILES string of the molecule is CC1(C)c2cc(/C=C/c3ccc4c(c3)oc3cc(N(c5ccccc5)c5ccccc5)ccc34)ccc2-c2ccc(N(c3ccccc3)c3ccccc3)cc21. The lowest BCUT2D eigenvalue weighted by molar-refractivity contribution is 0.660. The molecular weight excluding hydrogens is 681 g/mol. The predicted octanol–water partition coefficient (Wildman–Crippen LogP) is 15.0. The van der Waals surface area contributed by atoms with Crippen molar-refractivity contribution in [1.29, 1.82) is 0 Å². The fraction of sp³-hybridized carbons (Fsp3) is 0.0566. The van der Waals surface area contributed by atoms with Crippen molar-refractivity contribution in [1.82, 2.24) is 0 Å². The third-order valence-corrected chi connectivity index (χ3v) is 11.2. The van der Waals surface area contributed by atoms with Gasteiger partial charge in [0.05, 0.1) is 0 Å². The maximum Gasteiger partial charge on any atom is 0.137 e. The van der Waals surface area contributed by atoms with Crippen molar-refractivity contribution < 1.29 is 4.42 Å². The third kappa shape index (κ3) is 5.86. The lowest BCUT2D eigenvalue weighted by atomic mass is 9.81. The second-order valence-electron chi connectivity index (χ2n) is 15.0. The van der Waals surface area contributed by atoms with E-state index in [0.29, 0.717) is 0 Å². The summed E-state index contributed by atoms with van der Waals surface area (Å²) in [5.41, 5.74) is 15.9. The molecule has 9 aromatic rings. The Balaban J connectivity index is 0.946. The van der Waals surface area contributed by atoms with Crippen LogP contribution in [0, 0.1) is 0 Å². The van der Waals surface area contributed by atoms with Gasteiger partial charge in [0, 0.05) is 56.4 Å². The van der Waals surface area contributed by atoms with Crippen LogP contribution in [-0.4, -0.2) is 0 Å². The molecule has 0 saturated carbocycles. The van der Waals surface area contributed by atoms with E-state index < -0.39 is 0 Å². The minimum absolute atomic E-state index is 0.161. The van der Waals surface area contributed by atoms with Gasteiger partial charge in [0.25, 0.3) is 0 Å². The largest absolute Gasteiger partial charge is 0.456 e. The molecule has 1 heterocycles. The highest BCUT2D eigenvalue weighted by Gasteiger charge is 2.36. The van der Waals surface area contributed by atoms with Crippen LogP contribution in [0.4, 0.5) is 34.1 Å². The number of hydrogen-bond acceptors (Lipinski definition) is 3. The van der Waals surface area contributed by atoms with Crippen molar-refractivity contribution in [3.05, 3.63) is 216 Å². The number of furan rings is 1. The monoisotopic (exact) mass is 720 g/mol. The first-order valence-corrected chi connectivity index (χ1v) is 19.3. The van der Waals surface area contributed by atoms with Crippen LogP contribution in [0.5, 0.6) is 0 Å². The van der Waals surface area contributed by atoms with Gasteiger partial charge in [-0.2, -0.15) is 0 Å². The Morgan fingerprint density at radius 3 is 1.30 bits per heavy atom. The Kier molecular flexibility index (Phi) is 8.15. The second kappa shape index (κ2) is 13.6. The van der Waals surface area contributed by atoms with E-state index in [1.807, 2.05) is 12.1 Å². The average molecular weight is 721 g/mol. The fourth-order valence-electron chi connectivity index (χ4n) is 8.41. The van der Waals surface area contributed by atoms with Crippen LogP contribution in [0.15, 0.2) is 199 Å². The summed E-state index contributed by atoms with van der Waals surface area (Å²) in [7, 11) is 0. The highest BCUT2D eigenvalue weighted by atomic mass is 16.3. The predicted molar refractivity (Wildman–Crippen MR) is 236 cm³/mol. The average Bonchev–Trinajstić information content (AvgIpc) is 3.72. The summed E-state index contributed by atoms with van der Waals surface area (Å²) in [6, 6.07) is 69.1. The molecule has 268 valence electrons. The highest BCUT2D eigenvalue weighted by Crippen LogP contribution is 2.51. The molecule has 56 heavy (non-hydrogen) atoms. The van der Waals surface area contributed by atoms with Crippen molar-refractivity contribution in [2.24, 2.45) is 0 Å². The maximum atomic E-state index is 6.55. The molecule has 0 aliphatic heterocycles. The lowest BCUT2D eigenvalue weighted by Crippen LogP contribution is -2.16. The van der Waals surface area contributed by atoms with Gasteiger partial charge >= 0.3 is 0 Å². The molecule has 8 aromatic carbocycles. The topological polar surface area (TPSA) is 19.6 Å². The fourth-order valence-corrected chi connectivity index (χ4v) is 8.41. The minimum Gasteiger partial charge on any atom is -0.456 e. The van der Waals surface area contributed by atoms with E-state index in [2.05, 4.69) is 218 Å². The number of hydrogen-bond donors (Lipinski definition) is 0. The summed E-state index contributed by atoms with van der Waals surface area (Å²) in [6.45, 7) is 4.70.